The van der Waals surface area contributed by atoms with Crippen molar-refractivity contribution in [1.82, 2.24) is 4.90 Å². The van der Waals surface area contributed by atoms with Crippen molar-refractivity contribution in [3.8, 4) is 0 Å². The van der Waals surface area contributed by atoms with Crippen molar-refractivity contribution in [3.05, 3.63) is 35.9 Å². The van der Waals surface area contributed by atoms with E-state index in [1.165, 1.54) is 0 Å². The molecule has 1 aliphatic heterocycles. The molecular weight excluding hydrogens is 210 g/mol. The zero-order valence-corrected chi connectivity index (χ0v) is 9.07. The molecule has 1 aromatic carbocycles. The van der Waals surface area contributed by atoms with E-state index in [9.17, 15) is 8.78 Å². The second-order valence-corrected chi connectivity index (χ2v) is 4.48. The van der Waals surface area contributed by atoms with Crippen molar-refractivity contribution in [1.29, 1.82) is 0 Å². The standard InChI is InChI=1S/C12H16F2N2/c13-12(14)6-11(15)8-16(9-12)7-10-4-2-1-3-5-10/h1-5,11H,6-9,15H2. The Labute approximate surface area is 94.0 Å². The number of nitrogens with zero attached hydrogens (tertiary/aromatic N) is 1. The molecule has 0 amide bonds. The normalized spacial score (nSPS) is 25.6. The van der Waals surface area contributed by atoms with Crippen LogP contribution in [0.25, 0.3) is 0 Å². The van der Waals surface area contributed by atoms with Crippen LogP contribution in [-0.2, 0) is 6.54 Å². The van der Waals surface area contributed by atoms with Crippen LogP contribution >= 0.6 is 0 Å². The Morgan fingerprint density at radius 1 is 1.31 bits per heavy atom. The smallest absolute Gasteiger partial charge is 0.262 e. The molecule has 1 unspecified atom stereocenters. The number of benzene rings is 1. The highest BCUT2D eigenvalue weighted by Gasteiger charge is 2.38. The largest absolute Gasteiger partial charge is 0.326 e. The van der Waals surface area contributed by atoms with Crippen LogP contribution in [0.5, 0.6) is 0 Å². The van der Waals surface area contributed by atoms with Crippen LogP contribution in [0.3, 0.4) is 0 Å². The fourth-order valence-electron chi connectivity index (χ4n) is 2.20. The van der Waals surface area contributed by atoms with Crippen LogP contribution < -0.4 is 5.73 Å². The summed E-state index contributed by atoms with van der Waals surface area (Å²) < 4.78 is 26.6. The predicted molar refractivity (Wildman–Crippen MR) is 59.3 cm³/mol. The molecule has 16 heavy (non-hydrogen) atoms. The molecule has 1 saturated heterocycles. The molecule has 2 rings (SSSR count). The molecule has 1 fully saturated rings. The number of rotatable bonds is 2. The maximum absolute atomic E-state index is 13.3. The molecule has 1 atom stereocenters. The number of alkyl halides is 2. The van der Waals surface area contributed by atoms with E-state index in [0.29, 0.717) is 13.1 Å². The summed E-state index contributed by atoms with van der Waals surface area (Å²) in [5.41, 5.74) is 6.68. The topological polar surface area (TPSA) is 29.3 Å². The number of hydrogen-bond acceptors (Lipinski definition) is 2. The number of likely N-dealkylation sites (tertiary alicyclic amines) is 1. The third kappa shape index (κ3) is 3.00. The first-order valence-electron chi connectivity index (χ1n) is 5.45. The van der Waals surface area contributed by atoms with Crippen molar-refractivity contribution in [3.63, 3.8) is 0 Å². The molecule has 2 nitrogen and oxygen atoms in total. The first kappa shape index (κ1) is 11.5. The molecule has 1 aliphatic rings. The summed E-state index contributed by atoms with van der Waals surface area (Å²) in [4.78, 5) is 1.73. The molecular formula is C12H16F2N2. The summed E-state index contributed by atoms with van der Waals surface area (Å²) in [6.45, 7) is 0.907. The van der Waals surface area contributed by atoms with Gasteiger partial charge in [0, 0.05) is 25.6 Å². The third-order valence-electron chi connectivity index (χ3n) is 2.76. The van der Waals surface area contributed by atoms with E-state index in [1.54, 1.807) is 4.90 Å². The maximum atomic E-state index is 13.3. The lowest BCUT2D eigenvalue weighted by Gasteiger charge is -2.36. The summed E-state index contributed by atoms with van der Waals surface area (Å²) in [5, 5.41) is 0. The third-order valence-corrected chi connectivity index (χ3v) is 2.76. The molecule has 0 aromatic heterocycles. The first-order valence-corrected chi connectivity index (χ1v) is 5.45. The quantitative estimate of drug-likeness (QED) is 0.834. The molecule has 1 aromatic rings. The van der Waals surface area contributed by atoms with Gasteiger partial charge in [-0.2, -0.15) is 0 Å². The van der Waals surface area contributed by atoms with Gasteiger partial charge in [-0.25, -0.2) is 8.78 Å². The molecule has 0 aliphatic carbocycles. The van der Waals surface area contributed by atoms with Gasteiger partial charge >= 0.3 is 0 Å². The predicted octanol–water partition coefficient (Wildman–Crippen LogP) is 1.85. The van der Waals surface area contributed by atoms with E-state index in [2.05, 4.69) is 0 Å². The van der Waals surface area contributed by atoms with Gasteiger partial charge in [0.1, 0.15) is 0 Å². The van der Waals surface area contributed by atoms with Crippen LogP contribution in [0.15, 0.2) is 30.3 Å². The average Bonchev–Trinajstić information content (AvgIpc) is 2.15. The van der Waals surface area contributed by atoms with E-state index >= 15 is 0 Å². The Bertz CT molecular complexity index is 340. The Kier molecular flexibility index (Phi) is 3.21. The van der Waals surface area contributed by atoms with Gasteiger partial charge in [0.05, 0.1) is 6.54 Å². The molecule has 0 spiro atoms. The lowest BCUT2D eigenvalue weighted by molar-refractivity contribution is -0.0726. The van der Waals surface area contributed by atoms with Gasteiger partial charge in [0.2, 0.25) is 0 Å². The van der Waals surface area contributed by atoms with Crippen LogP contribution in [0.4, 0.5) is 8.78 Å². The maximum Gasteiger partial charge on any atom is 0.262 e. The van der Waals surface area contributed by atoms with Gasteiger partial charge in [-0.05, 0) is 5.56 Å². The molecule has 0 bridgehead atoms. The van der Waals surface area contributed by atoms with Crippen LogP contribution in [0.2, 0.25) is 0 Å². The minimum atomic E-state index is -2.65. The Morgan fingerprint density at radius 2 is 2.00 bits per heavy atom. The average molecular weight is 226 g/mol. The number of piperidine rings is 1. The van der Waals surface area contributed by atoms with Gasteiger partial charge in [-0.15, -0.1) is 0 Å². The van der Waals surface area contributed by atoms with Gasteiger partial charge in [-0.1, -0.05) is 30.3 Å². The van der Waals surface area contributed by atoms with Gasteiger partial charge in [0.15, 0.2) is 0 Å². The van der Waals surface area contributed by atoms with E-state index in [0.717, 1.165) is 5.56 Å². The summed E-state index contributed by atoms with van der Waals surface area (Å²) in [7, 11) is 0. The zero-order valence-electron chi connectivity index (χ0n) is 9.07. The van der Waals surface area contributed by atoms with Crippen molar-refractivity contribution in [2.45, 2.75) is 24.9 Å². The number of hydrogen-bond donors (Lipinski definition) is 1. The van der Waals surface area contributed by atoms with E-state index in [1.807, 2.05) is 30.3 Å². The molecule has 2 N–H and O–H groups in total. The fourth-order valence-corrected chi connectivity index (χ4v) is 2.20. The Morgan fingerprint density at radius 3 is 2.62 bits per heavy atom. The van der Waals surface area contributed by atoms with E-state index in [-0.39, 0.29) is 13.0 Å². The molecule has 4 heteroatoms. The van der Waals surface area contributed by atoms with Crippen molar-refractivity contribution < 1.29 is 8.78 Å². The second-order valence-electron chi connectivity index (χ2n) is 4.48. The SMILES string of the molecule is NC1CN(Cc2ccccc2)CC(F)(F)C1. The molecule has 0 radical (unpaired) electrons. The zero-order chi connectivity index (χ0) is 11.6. The van der Waals surface area contributed by atoms with Crippen molar-refractivity contribution in [2.75, 3.05) is 13.1 Å². The summed E-state index contributed by atoms with van der Waals surface area (Å²) in [6, 6.07) is 9.21. The Balaban J connectivity index is 2.00. The highest BCUT2D eigenvalue weighted by atomic mass is 19.3. The monoisotopic (exact) mass is 226 g/mol. The molecule has 0 saturated carbocycles. The molecule has 88 valence electrons. The molecule has 1 heterocycles. The Hall–Kier alpha value is -1.00. The van der Waals surface area contributed by atoms with Crippen LogP contribution in [0, 0.1) is 0 Å². The highest BCUT2D eigenvalue weighted by molar-refractivity contribution is 5.14. The van der Waals surface area contributed by atoms with Crippen molar-refractivity contribution in [2.24, 2.45) is 5.73 Å². The van der Waals surface area contributed by atoms with Gasteiger partial charge in [0.25, 0.3) is 5.92 Å². The fraction of sp³-hybridized carbons (Fsp3) is 0.500. The minimum Gasteiger partial charge on any atom is -0.326 e. The van der Waals surface area contributed by atoms with E-state index in [4.69, 9.17) is 5.73 Å². The van der Waals surface area contributed by atoms with Gasteiger partial charge in [-0.3, -0.25) is 4.90 Å². The lowest BCUT2D eigenvalue weighted by Crippen LogP contribution is -2.51. The first-order chi connectivity index (χ1) is 7.55. The number of halogens is 2. The summed E-state index contributed by atoms with van der Waals surface area (Å²) >= 11 is 0. The highest BCUT2D eigenvalue weighted by Crippen LogP contribution is 2.26. The van der Waals surface area contributed by atoms with Gasteiger partial charge < -0.3 is 5.73 Å². The van der Waals surface area contributed by atoms with Crippen molar-refractivity contribution >= 4 is 0 Å². The summed E-state index contributed by atoms with van der Waals surface area (Å²) in [6.07, 6.45) is -0.196. The van der Waals surface area contributed by atoms with Crippen LogP contribution in [0.1, 0.15) is 12.0 Å². The second kappa shape index (κ2) is 4.47. The lowest BCUT2D eigenvalue weighted by atomic mass is 10.0. The summed E-state index contributed by atoms with van der Waals surface area (Å²) in [5.74, 6) is -2.65. The van der Waals surface area contributed by atoms with E-state index < -0.39 is 12.0 Å². The number of nitrogens with two attached hydrogens (primary N) is 1. The minimum absolute atomic E-state index is 0.185. The van der Waals surface area contributed by atoms with Crippen LogP contribution in [-0.4, -0.2) is 30.0 Å².